The molecule has 0 bridgehead atoms. The monoisotopic (exact) mass is 177 g/mol. The van der Waals surface area contributed by atoms with Crippen LogP contribution in [0.2, 0.25) is 0 Å². The topological polar surface area (TPSA) is 51.0 Å². The van der Waals surface area contributed by atoms with Crippen molar-refractivity contribution >= 4 is 12.4 Å². The van der Waals surface area contributed by atoms with Gasteiger partial charge in [-0.3, -0.25) is 0 Å². The summed E-state index contributed by atoms with van der Waals surface area (Å²) in [7, 11) is 0. The van der Waals surface area contributed by atoms with Crippen LogP contribution in [0.15, 0.2) is 4.42 Å². The lowest BCUT2D eigenvalue weighted by atomic mass is 10.6. The van der Waals surface area contributed by atoms with E-state index in [9.17, 15) is 0 Å². The molecule has 64 valence electrons. The van der Waals surface area contributed by atoms with Gasteiger partial charge in [-0.2, -0.15) is 0 Å². The van der Waals surface area contributed by atoms with Crippen molar-refractivity contribution in [3.63, 3.8) is 0 Å². The maximum Gasteiger partial charge on any atom is 0.230 e. The number of hydrogen-bond donors (Lipinski definition) is 1. The molecule has 1 aromatic heterocycles. The quantitative estimate of drug-likeness (QED) is 0.746. The van der Waals surface area contributed by atoms with Gasteiger partial charge in [-0.25, -0.2) is 0 Å². The number of aryl methyl sites for hydroxylation is 1. The van der Waals surface area contributed by atoms with Crippen LogP contribution in [-0.2, 0) is 6.54 Å². The standard InChI is InChI=1S/C6H11N3O.ClH/c1-3-7-4-6-9-8-5(2)10-6;/h7H,3-4H2,1-2H3;1H. The van der Waals surface area contributed by atoms with Crippen molar-refractivity contribution in [1.82, 2.24) is 15.5 Å². The summed E-state index contributed by atoms with van der Waals surface area (Å²) < 4.78 is 5.10. The first kappa shape index (κ1) is 10.4. The molecule has 0 radical (unpaired) electrons. The Labute approximate surface area is 71.8 Å². The number of nitrogens with zero attached hydrogens (tertiary/aromatic N) is 2. The van der Waals surface area contributed by atoms with Gasteiger partial charge in [-0.05, 0) is 6.54 Å². The zero-order valence-electron chi connectivity index (χ0n) is 6.63. The van der Waals surface area contributed by atoms with Gasteiger partial charge in [0.05, 0.1) is 6.54 Å². The van der Waals surface area contributed by atoms with Gasteiger partial charge in [0.2, 0.25) is 11.8 Å². The van der Waals surface area contributed by atoms with Crippen molar-refractivity contribution in [2.75, 3.05) is 6.54 Å². The lowest BCUT2D eigenvalue weighted by Gasteiger charge is -1.92. The molecule has 1 aromatic rings. The minimum Gasteiger partial charge on any atom is -0.424 e. The van der Waals surface area contributed by atoms with Crippen LogP contribution in [0.4, 0.5) is 0 Å². The van der Waals surface area contributed by atoms with Gasteiger partial charge in [0.15, 0.2) is 0 Å². The van der Waals surface area contributed by atoms with Crippen molar-refractivity contribution < 1.29 is 4.42 Å². The molecule has 0 aliphatic heterocycles. The number of hydrogen-bond acceptors (Lipinski definition) is 4. The third-order valence-electron chi connectivity index (χ3n) is 1.09. The van der Waals surface area contributed by atoms with E-state index < -0.39 is 0 Å². The summed E-state index contributed by atoms with van der Waals surface area (Å²) >= 11 is 0. The molecule has 1 rings (SSSR count). The minimum absolute atomic E-state index is 0. The summed E-state index contributed by atoms with van der Waals surface area (Å²) in [6, 6.07) is 0. The van der Waals surface area contributed by atoms with E-state index in [1.807, 2.05) is 6.92 Å². The van der Waals surface area contributed by atoms with E-state index in [1.54, 1.807) is 6.92 Å². The zero-order chi connectivity index (χ0) is 7.40. The van der Waals surface area contributed by atoms with E-state index in [2.05, 4.69) is 15.5 Å². The molecule has 1 heterocycles. The summed E-state index contributed by atoms with van der Waals surface area (Å²) in [5.41, 5.74) is 0. The molecule has 0 saturated heterocycles. The maximum atomic E-state index is 5.10. The highest BCUT2D eigenvalue weighted by molar-refractivity contribution is 5.85. The Morgan fingerprint density at radius 2 is 2.18 bits per heavy atom. The molecule has 0 aromatic carbocycles. The Hall–Kier alpha value is -0.610. The van der Waals surface area contributed by atoms with Crippen LogP contribution in [0.5, 0.6) is 0 Å². The van der Waals surface area contributed by atoms with Gasteiger partial charge in [0.25, 0.3) is 0 Å². The summed E-state index contributed by atoms with van der Waals surface area (Å²) in [5, 5.41) is 10.6. The molecule has 0 fully saturated rings. The number of halogens is 1. The number of aromatic nitrogens is 2. The van der Waals surface area contributed by atoms with Crippen LogP contribution in [-0.4, -0.2) is 16.7 Å². The largest absolute Gasteiger partial charge is 0.424 e. The van der Waals surface area contributed by atoms with Crippen molar-refractivity contribution in [3.8, 4) is 0 Å². The highest BCUT2D eigenvalue weighted by atomic mass is 35.5. The second kappa shape index (κ2) is 5.09. The summed E-state index contributed by atoms with van der Waals surface area (Å²) in [5.74, 6) is 1.27. The fourth-order valence-corrected chi connectivity index (χ4v) is 0.641. The van der Waals surface area contributed by atoms with Crippen molar-refractivity contribution in [2.45, 2.75) is 20.4 Å². The lowest BCUT2D eigenvalue weighted by molar-refractivity contribution is 0.450. The second-order valence-corrected chi connectivity index (χ2v) is 2.00. The summed E-state index contributed by atoms with van der Waals surface area (Å²) in [6.07, 6.45) is 0. The first-order chi connectivity index (χ1) is 4.83. The zero-order valence-corrected chi connectivity index (χ0v) is 7.44. The Balaban J connectivity index is 0.000001000. The van der Waals surface area contributed by atoms with Crippen LogP contribution in [0.1, 0.15) is 18.7 Å². The van der Waals surface area contributed by atoms with Crippen LogP contribution in [0.3, 0.4) is 0 Å². The van der Waals surface area contributed by atoms with Gasteiger partial charge in [-0.15, -0.1) is 22.6 Å². The molecule has 0 aliphatic rings. The Morgan fingerprint density at radius 1 is 1.45 bits per heavy atom. The molecule has 0 amide bonds. The fourth-order valence-electron chi connectivity index (χ4n) is 0.641. The van der Waals surface area contributed by atoms with E-state index in [4.69, 9.17) is 4.42 Å². The average Bonchev–Trinajstić information content (AvgIpc) is 2.31. The van der Waals surface area contributed by atoms with E-state index in [0.29, 0.717) is 18.3 Å². The van der Waals surface area contributed by atoms with Gasteiger partial charge in [0.1, 0.15) is 0 Å². The molecule has 0 unspecified atom stereocenters. The van der Waals surface area contributed by atoms with Gasteiger partial charge >= 0.3 is 0 Å². The second-order valence-electron chi connectivity index (χ2n) is 2.00. The van der Waals surface area contributed by atoms with Crippen molar-refractivity contribution in [2.24, 2.45) is 0 Å². The maximum absolute atomic E-state index is 5.10. The molecule has 0 aliphatic carbocycles. The van der Waals surface area contributed by atoms with E-state index >= 15 is 0 Å². The van der Waals surface area contributed by atoms with Gasteiger partial charge < -0.3 is 9.73 Å². The van der Waals surface area contributed by atoms with Crippen molar-refractivity contribution in [1.29, 1.82) is 0 Å². The van der Waals surface area contributed by atoms with Crippen LogP contribution in [0, 0.1) is 6.92 Å². The molecular weight excluding hydrogens is 166 g/mol. The van der Waals surface area contributed by atoms with Gasteiger partial charge in [-0.1, -0.05) is 6.92 Å². The first-order valence-corrected chi connectivity index (χ1v) is 3.32. The predicted octanol–water partition coefficient (Wildman–Crippen LogP) is 0.909. The third kappa shape index (κ3) is 3.34. The average molecular weight is 178 g/mol. The minimum atomic E-state index is 0. The number of nitrogens with one attached hydrogen (secondary N) is 1. The predicted molar refractivity (Wildman–Crippen MR) is 43.7 cm³/mol. The van der Waals surface area contributed by atoms with Crippen LogP contribution >= 0.6 is 12.4 Å². The molecule has 5 heteroatoms. The summed E-state index contributed by atoms with van der Waals surface area (Å²) in [4.78, 5) is 0. The highest BCUT2D eigenvalue weighted by Gasteiger charge is 1.98. The highest BCUT2D eigenvalue weighted by Crippen LogP contribution is 1.95. The molecule has 11 heavy (non-hydrogen) atoms. The summed E-state index contributed by atoms with van der Waals surface area (Å²) in [6.45, 7) is 5.39. The Morgan fingerprint density at radius 3 is 2.64 bits per heavy atom. The van der Waals surface area contributed by atoms with E-state index in [0.717, 1.165) is 6.54 Å². The molecular formula is C6H12ClN3O. The third-order valence-corrected chi connectivity index (χ3v) is 1.09. The molecule has 0 atom stereocenters. The Bertz CT molecular complexity index is 201. The van der Waals surface area contributed by atoms with Crippen molar-refractivity contribution in [3.05, 3.63) is 11.8 Å². The van der Waals surface area contributed by atoms with E-state index in [1.165, 1.54) is 0 Å². The normalized spacial score (nSPS) is 9.27. The fraction of sp³-hybridized carbons (Fsp3) is 0.667. The number of rotatable bonds is 3. The SMILES string of the molecule is CCNCc1nnc(C)o1.Cl. The smallest absolute Gasteiger partial charge is 0.230 e. The molecule has 0 spiro atoms. The van der Waals surface area contributed by atoms with Gasteiger partial charge in [0, 0.05) is 6.92 Å². The van der Waals surface area contributed by atoms with Crippen LogP contribution < -0.4 is 5.32 Å². The molecule has 4 nitrogen and oxygen atoms in total. The van der Waals surface area contributed by atoms with Crippen LogP contribution in [0.25, 0.3) is 0 Å². The molecule has 0 saturated carbocycles. The Kier molecular flexibility index (Phi) is 4.81. The lowest BCUT2D eigenvalue weighted by Crippen LogP contribution is -2.11. The first-order valence-electron chi connectivity index (χ1n) is 3.32. The van der Waals surface area contributed by atoms with E-state index in [-0.39, 0.29) is 12.4 Å². The molecule has 1 N–H and O–H groups in total.